The average molecular weight is 261 g/mol. The van der Waals surface area contributed by atoms with Crippen LogP contribution < -0.4 is 0 Å². The number of hydrogen-bond donors (Lipinski definition) is 1. The third kappa shape index (κ3) is 3.80. The van der Waals surface area contributed by atoms with E-state index in [0.29, 0.717) is 18.4 Å². The smallest absolute Gasteiger partial charge is 0.304 e. The van der Waals surface area contributed by atoms with Crippen LogP contribution in [0, 0.1) is 5.92 Å². The van der Waals surface area contributed by atoms with Crippen molar-refractivity contribution in [3.63, 3.8) is 0 Å². The maximum atomic E-state index is 10.7. The summed E-state index contributed by atoms with van der Waals surface area (Å²) in [6.45, 7) is 4.97. The van der Waals surface area contributed by atoms with Gasteiger partial charge in [0.05, 0.1) is 6.42 Å². The molecular weight excluding hydrogens is 238 g/mol. The molecule has 1 aliphatic rings. The molecule has 1 N–H and O–H groups in total. The highest BCUT2D eigenvalue weighted by Gasteiger charge is 2.28. The fourth-order valence-electron chi connectivity index (χ4n) is 3.12. The van der Waals surface area contributed by atoms with Crippen molar-refractivity contribution < 1.29 is 9.90 Å². The lowest BCUT2D eigenvalue weighted by Gasteiger charge is -2.38. The van der Waals surface area contributed by atoms with E-state index in [1.165, 1.54) is 5.56 Å². The first-order chi connectivity index (χ1) is 9.20. The van der Waals surface area contributed by atoms with Crippen molar-refractivity contribution in [2.75, 3.05) is 19.6 Å². The highest BCUT2D eigenvalue weighted by Crippen LogP contribution is 2.34. The van der Waals surface area contributed by atoms with E-state index < -0.39 is 5.97 Å². The van der Waals surface area contributed by atoms with Crippen molar-refractivity contribution in [3.05, 3.63) is 35.9 Å². The molecule has 0 spiro atoms. The summed E-state index contributed by atoms with van der Waals surface area (Å²) in [6, 6.07) is 10.7. The van der Waals surface area contributed by atoms with Crippen LogP contribution in [0.25, 0.3) is 0 Å². The van der Waals surface area contributed by atoms with Crippen molar-refractivity contribution in [1.29, 1.82) is 0 Å². The monoisotopic (exact) mass is 261 g/mol. The van der Waals surface area contributed by atoms with Gasteiger partial charge in [-0.1, -0.05) is 43.7 Å². The first-order valence-corrected chi connectivity index (χ1v) is 7.19. The molecule has 0 amide bonds. The third-order valence-electron chi connectivity index (χ3n) is 4.21. The summed E-state index contributed by atoms with van der Waals surface area (Å²) in [4.78, 5) is 13.0. The Morgan fingerprint density at radius 3 is 2.74 bits per heavy atom. The number of piperidine rings is 1. The predicted molar refractivity (Wildman–Crippen MR) is 76.3 cm³/mol. The second-order valence-corrected chi connectivity index (χ2v) is 5.42. The minimum atomic E-state index is -0.696. The topological polar surface area (TPSA) is 40.5 Å². The van der Waals surface area contributed by atoms with Crippen molar-refractivity contribution in [1.82, 2.24) is 4.90 Å². The Labute approximate surface area is 115 Å². The molecule has 1 aliphatic heterocycles. The lowest BCUT2D eigenvalue weighted by Crippen LogP contribution is -2.40. The molecule has 0 unspecified atom stereocenters. The van der Waals surface area contributed by atoms with Gasteiger partial charge in [-0.25, -0.2) is 0 Å². The van der Waals surface area contributed by atoms with Crippen LogP contribution in [0.15, 0.2) is 30.3 Å². The summed E-state index contributed by atoms with van der Waals surface area (Å²) >= 11 is 0. The van der Waals surface area contributed by atoms with Gasteiger partial charge in [0.1, 0.15) is 0 Å². The molecule has 1 heterocycles. The minimum absolute atomic E-state index is 0.256. The zero-order valence-electron chi connectivity index (χ0n) is 11.6. The van der Waals surface area contributed by atoms with Crippen molar-refractivity contribution >= 4 is 5.97 Å². The molecule has 0 radical (unpaired) electrons. The Bertz CT molecular complexity index is 404. The zero-order chi connectivity index (χ0) is 13.7. The average Bonchev–Trinajstić information content (AvgIpc) is 2.45. The van der Waals surface area contributed by atoms with Crippen LogP contribution >= 0.6 is 0 Å². The highest BCUT2D eigenvalue weighted by atomic mass is 16.4. The van der Waals surface area contributed by atoms with Crippen LogP contribution in [0.2, 0.25) is 0 Å². The summed E-state index contributed by atoms with van der Waals surface area (Å²) in [5.74, 6) is 0.579. The number of hydrogen-bond acceptors (Lipinski definition) is 2. The number of benzene rings is 1. The van der Waals surface area contributed by atoms with Crippen LogP contribution in [0.3, 0.4) is 0 Å². The van der Waals surface area contributed by atoms with Crippen molar-refractivity contribution in [2.45, 2.75) is 32.1 Å². The lowest BCUT2D eigenvalue weighted by molar-refractivity contribution is -0.137. The van der Waals surface area contributed by atoms with Gasteiger partial charge < -0.3 is 10.0 Å². The van der Waals surface area contributed by atoms with Gasteiger partial charge in [0, 0.05) is 13.1 Å². The third-order valence-corrected chi connectivity index (χ3v) is 4.21. The molecule has 2 rings (SSSR count). The van der Waals surface area contributed by atoms with Crippen LogP contribution in [0.4, 0.5) is 0 Å². The van der Waals surface area contributed by atoms with E-state index in [-0.39, 0.29) is 6.42 Å². The summed E-state index contributed by atoms with van der Waals surface area (Å²) in [7, 11) is 0. The van der Waals surface area contributed by atoms with Gasteiger partial charge >= 0.3 is 5.97 Å². The SMILES string of the molecule is CC[C@@H]1CN(CCC(=O)O)CC[C@@H]1c1ccccc1. The molecule has 1 aromatic carbocycles. The van der Waals surface area contributed by atoms with Crippen LogP contribution in [0.5, 0.6) is 0 Å². The normalized spacial score (nSPS) is 24.3. The van der Waals surface area contributed by atoms with Gasteiger partial charge in [-0.2, -0.15) is 0 Å². The van der Waals surface area contributed by atoms with E-state index in [1.54, 1.807) is 0 Å². The molecule has 104 valence electrons. The Morgan fingerprint density at radius 1 is 1.37 bits per heavy atom. The Balaban J connectivity index is 1.97. The number of aliphatic carboxylic acids is 1. The van der Waals surface area contributed by atoms with E-state index in [4.69, 9.17) is 5.11 Å². The number of nitrogens with zero attached hydrogens (tertiary/aromatic N) is 1. The van der Waals surface area contributed by atoms with Crippen LogP contribution in [0.1, 0.15) is 37.7 Å². The molecule has 3 nitrogen and oxygen atoms in total. The van der Waals surface area contributed by atoms with E-state index in [2.05, 4.69) is 42.2 Å². The summed E-state index contributed by atoms with van der Waals surface area (Å²) in [5.41, 5.74) is 1.44. The first kappa shape index (κ1) is 14.1. The Kier molecular flexibility index (Phi) is 4.97. The fraction of sp³-hybridized carbons (Fsp3) is 0.562. The molecule has 3 heteroatoms. The van der Waals surface area contributed by atoms with Gasteiger partial charge in [0.15, 0.2) is 0 Å². The maximum Gasteiger partial charge on any atom is 0.304 e. The Morgan fingerprint density at radius 2 is 2.11 bits per heavy atom. The second-order valence-electron chi connectivity index (χ2n) is 5.42. The number of likely N-dealkylation sites (tertiary alicyclic amines) is 1. The number of carbonyl (C=O) groups is 1. The number of carboxylic acids is 1. The molecular formula is C16H23NO2. The van der Waals surface area contributed by atoms with Gasteiger partial charge in [-0.15, -0.1) is 0 Å². The molecule has 1 aromatic rings. The highest BCUT2D eigenvalue weighted by molar-refractivity contribution is 5.66. The van der Waals surface area contributed by atoms with E-state index in [9.17, 15) is 4.79 Å². The Hall–Kier alpha value is -1.35. The van der Waals surface area contributed by atoms with Crippen molar-refractivity contribution in [3.8, 4) is 0 Å². The standard InChI is InChI=1S/C16H23NO2/c1-2-13-12-17(11-9-16(18)19)10-8-15(13)14-6-4-3-5-7-14/h3-7,13,15H,2,8-12H2,1H3,(H,18,19)/t13-,15+/m1/s1. The van der Waals surface area contributed by atoms with Gasteiger partial charge in [0.2, 0.25) is 0 Å². The maximum absolute atomic E-state index is 10.7. The lowest BCUT2D eigenvalue weighted by atomic mass is 9.79. The zero-order valence-corrected chi connectivity index (χ0v) is 11.6. The molecule has 2 atom stereocenters. The molecule has 0 bridgehead atoms. The summed E-state index contributed by atoms with van der Waals surface area (Å²) < 4.78 is 0. The quantitative estimate of drug-likeness (QED) is 0.886. The molecule has 1 saturated heterocycles. The first-order valence-electron chi connectivity index (χ1n) is 7.19. The van der Waals surface area contributed by atoms with Crippen LogP contribution in [-0.2, 0) is 4.79 Å². The van der Waals surface area contributed by atoms with Crippen molar-refractivity contribution in [2.24, 2.45) is 5.92 Å². The number of carboxylic acid groups (broad SMARTS) is 1. The molecule has 1 fully saturated rings. The molecule has 19 heavy (non-hydrogen) atoms. The number of rotatable bonds is 5. The molecule has 0 aliphatic carbocycles. The molecule has 0 aromatic heterocycles. The van der Waals surface area contributed by atoms with Gasteiger partial charge in [0.25, 0.3) is 0 Å². The van der Waals surface area contributed by atoms with Gasteiger partial charge in [-0.3, -0.25) is 4.79 Å². The largest absolute Gasteiger partial charge is 0.481 e. The summed E-state index contributed by atoms with van der Waals surface area (Å²) in [6.07, 6.45) is 2.55. The second kappa shape index (κ2) is 6.71. The van der Waals surface area contributed by atoms with Crippen LogP contribution in [-0.4, -0.2) is 35.6 Å². The minimum Gasteiger partial charge on any atom is -0.481 e. The molecule has 0 saturated carbocycles. The summed E-state index contributed by atoms with van der Waals surface area (Å²) in [5, 5.41) is 8.77. The fourth-order valence-corrected chi connectivity index (χ4v) is 3.12. The van der Waals surface area contributed by atoms with E-state index in [1.807, 2.05) is 0 Å². The van der Waals surface area contributed by atoms with E-state index >= 15 is 0 Å². The van der Waals surface area contributed by atoms with E-state index in [0.717, 1.165) is 25.9 Å². The van der Waals surface area contributed by atoms with Gasteiger partial charge in [-0.05, 0) is 30.4 Å². The predicted octanol–water partition coefficient (Wildman–Crippen LogP) is 2.98.